The molecule has 3 aromatic rings. The van der Waals surface area contributed by atoms with Gasteiger partial charge >= 0.3 is 0 Å². The van der Waals surface area contributed by atoms with Crippen molar-refractivity contribution in [2.24, 2.45) is 0 Å². The molecular weight excluding hydrogens is 394 g/mol. The van der Waals surface area contributed by atoms with E-state index in [2.05, 4.69) is 10.0 Å². The second kappa shape index (κ2) is 8.46. The second-order valence-corrected chi connectivity index (χ2v) is 8.40. The van der Waals surface area contributed by atoms with Crippen LogP contribution in [0.15, 0.2) is 74.9 Å². The van der Waals surface area contributed by atoms with Gasteiger partial charge in [0.2, 0.25) is 10.0 Å². The van der Waals surface area contributed by atoms with E-state index in [9.17, 15) is 18.0 Å². The van der Waals surface area contributed by atoms with Crippen LogP contribution in [0.3, 0.4) is 0 Å². The Labute approximate surface area is 168 Å². The third-order valence-electron chi connectivity index (χ3n) is 3.92. The summed E-state index contributed by atoms with van der Waals surface area (Å²) < 4.78 is 33.8. The lowest BCUT2D eigenvalue weighted by atomic mass is 10.3. The first-order chi connectivity index (χ1) is 13.7. The van der Waals surface area contributed by atoms with E-state index in [0.29, 0.717) is 11.4 Å². The summed E-state index contributed by atoms with van der Waals surface area (Å²) in [7, 11) is -3.60. The molecule has 9 heteroatoms. The van der Waals surface area contributed by atoms with Gasteiger partial charge in [0.05, 0.1) is 11.4 Å². The number of benzene rings is 1. The maximum atomic E-state index is 12.4. The molecule has 2 N–H and O–H groups in total. The van der Waals surface area contributed by atoms with Gasteiger partial charge in [-0.25, -0.2) is 13.1 Å². The molecule has 0 spiro atoms. The first-order valence-electron chi connectivity index (χ1n) is 8.92. The molecule has 0 saturated carbocycles. The lowest BCUT2D eigenvalue weighted by molar-refractivity contribution is 0.0994. The van der Waals surface area contributed by atoms with Gasteiger partial charge in [-0.15, -0.1) is 0 Å². The Morgan fingerprint density at radius 1 is 1.07 bits per heavy atom. The van der Waals surface area contributed by atoms with Crippen molar-refractivity contribution in [2.75, 3.05) is 5.32 Å². The van der Waals surface area contributed by atoms with Gasteiger partial charge in [0.15, 0.2) is 5.76 Å². The molecule has 0 bridgehead atoms. The van der Waals surface area contributed by atoms with Crippen molar-refractivity contribution in [3.8, 4) is 0 Å². The number of aromatic nitrogens is 1. The second-order valence-electron chi connectivity index (χ2n) is 6.69. The van der Waals surface area contributed by atoms with Crippen LogP contribution in [0.1, 0.15) is 30.2 Å². The van der Waals surface area contributed by atoms with Crippen molar-refractivity contribution in [3.05, 3.63) is 82.7 Å². The van der Waals surface area contributed by atoms with Crippen LogP contribution < -0.4 is 15.6 Å². The average Bonchev–Trinajstić information content (AvgIpc) is 3.12. The van der Waals surface area contributed by atoms with Crippen LogP contribution in [0.25, 0.3) is 0 Å². The van der Waals surface area contributed by atoms with Crippen molar-refractivity contribution in [3.63, 3.8) is 0 Å². The number of amides is 1. The molecule has 0 aliphatic rings. The number of carbonyl (C=O) groups is 1. The first kappa shape index (κ1) is 20.6. The van der Waals surface area contributed by atoms with Gasteiger partial charge in [-0.1, -0.05) is 6.07 Å². The van der Waals surface area contributed by atoms with Crippen LogP contribution in [0.4, 0.5) is 5.69 Å². The monoisotopic (exact) mass is 415 g/mol. The van der Waals surface area contributed by atoms with Gasteiger partial charge in [0.1, 0.15) is 5.76 Å². The van der Waals surface area contributed by atoms with Gasteiger partial charge in [0.25, 0.3) is 11.5 Å². The lowest BCUT2D eigenvalue weighted by Crippen LogP contribution is -2.30. The fourth-order valence-corrected chi connectivity index (χ4v) is 3.88. The number of furan rings is 1. The van der Waals surface area contributed by atoms with E-state index >= 15 is 0 Å². The van der Waals surface area contributed by atoms with Gasteiger partial charge in [-0.2, -0.15) is 0 Å². The van der Waals surface area contributed by atoms with Crippen LogP contribution in [0.2, 0.25) is 0 Å². The summed E-state index contributed by atoms with van der Waals surface area (Å²) in [5.41, 5.74) is 0.257. The predicted molar refractivity (Wildman–Crippen MR) is 108 cm³/mol. The number of anilines is 1. The highest BCUT2D eigenvalue weighted by Crippen LogP contribution is 2.16. The first-order valence-corrected chi connectivity index (χ1v) is 10.4. The largest absolute Gasteiger partial charge is 0.454 e. The zero-order valence-electron chi connectivity index (χ0n) is 16.0. The van der Waals surface area contributed by atoms with Crippen LogP contribution in [0, 0.1) is 0 Å². The summed E-state index contributed by atoms with van der Waals surface area (Å²) in [6, 6.07) is 13.6. The third-order valence-corrected chi connectivity index (χ3v) is 5.60. The third kappa shape index (κ3) is 5.21. The minimum absolute atomic E-state index is 0.0853. The van der Waals surface area contributed by atoms with E-state index in [1.54, 1.807) is 38.2 Å². The summed E-state index contributed by atoms with van der Waals surface area (Å²) in [6.45, 7) is 3.68. The van der Waals surface area contributed by atoms with E-state index in [0.717, 1.165) is 0 Å². The Morgan fingerprint density at radius 2 is 1.79 bits per heavy atom. The van der Waals surface area contributed by atoms with E-state index in [4.69, 9.17) is 4.42 Å². The van der Waals surface area contributed by atoms with Crippen LogP contribution >= 0.6 is 0 Å². The molecule has 0 aliphatic heterocycles. The number of hydrogen-bond acceptors (Lipinski definition) is 5. The molecular formula is C20H21N3O5S. The maximum absolute atomic E-state index is 12.4. The molecule has 152 valence electrons. The van der Waals surface area contributed by atoms with E-state index in [1.807, 2.05) is 0 Å². The molecule has 0 radical (unpaired) electrons. The fraction of sp³-hybridized carbons (Fsp3) is 0.200. The predicted octanol–water partition coefficient (Wildman–Crippen LogP) is 2.43. The molecule has 29 heavy (non-hydrogen) atoms. The molecule has 1 aromatic carbocycles. The molecule has 2 heterocycles. The Balaban J connectivity index is 1.67. The normalized spacial score (nSPS) is 11.6. The van der Waals surface area contributed by atoms with E-state index in [-0.39, 0.29) is 28.8 Å². The molecule has 8 nitrogen and oxygen atoms in total. The van der Waals surface area contributed by atoms with Crippen molar-refractivity contribution >= 4 is 21.6 Å². The van der Waals surface area contributed by atoms with Crippen LogP contribution in [0.5, 0.6) is 0 Å². The summed E-state index contributed by atoms with van der Waals surface area (Å²) in [5.74, 6) is 0.0689. The van der Waals surface area contributed by atoms with Crippen molar-refractivity contribution in [2.45, 2.75) is 31.3 Å². The van der Waals surface area contributed by atoms with Gasteiger partial charge < -0.3 is 14.3 Å². The standard InChI is InChI=1S/C20H21N3O5S/c1-14(2)22-29(26,27)17-9-6-15(7-10-17)21-20(25)18-11-8-16(28-18)13-23-12-4-3-5-19(23)24/h3-12,14,22H,13H2,1-2H3,(H,21,25). The summed E-state index contributed by atoms with van der Waals surface area (Å²) in [4.78, 5) is 24.2. The molecule has 0 saturated heterocycles. The number of hydrogen-bond donors (Lipinski definition) is 2. The van der Waals surface area contributed by atoms with Crippen LogP contribution in [-0.4, -0.2) is 24.9 Å². The summed E-state index contributed by atoms with van der Waals surface area (Å²) >= 11 is 0. The molecule has 1 amide bonds. The topological polar surface area (TPSA) is 110 Å². The van der Waals surface area contributed by atoms with E-state index in [1.165, 1.54) is 41.0 Å². The molecule has 0 atom stereocenters. The highest BCUT2D eigenvalue weighted by atomic mass is 32.2. The number of nitrogens with zero attached hydrogens (tertiary/aromatic N) is 1. The number of pyridine rings is 1. The average molecular weight is 415 g/mol. The highest BCUT2D eigenvalue weighted by molar-refractivity contribution is 7.89. The highest BCUT2D eigenvalue weighted by Gasteiger charge is 2.16. The Morgan fingerprint density at radius 3 is 2.45 bits per heavy atom. The van der Waals surface area contributed by atoms with Crippen molar-refractivity contribution < 1.29 is 17.6 Å². The van der Waals surface area contributed by atoms with Crippen molar-refractivity contribution in [1.29, 1.82) is 0 Å². The zero-order valence-corrected chi connectivity index (χ0v) is 16.8. The van der Waals surface area contributed by atoms with E-state index < -0.39 is 15.9 Å². The molecule has 0 unspecified atom stereocenters. The van der Waals surface area contributed by atoms with Crippen LogP contribution in [-0.2, 0) is 16.6 Å². The SMILES string of the molecule is CC(C)NS(=O)(=O)c1ccc(NC(=O)c2ccc(Cn3ccccc3=O)o2)cc1. The zero-order chi connectivity index (χ0) is 21.0. The Kier molecular flexibility index (Phi) is 6.00. The Bertz CT molecular complexity index is 1160. The quantitative estimate of drug-likeness (QED) is 0.616. The number of rotatable bonds is 7. The Hall–Kier alpha value is -3.17. The molecule has 3 rings (SSSR count). The lowest BCUT2D eigenvalue weighted by Gasteiger charge is -2.10. The molecule has 2 aromatic heterocycles. The number of nitrogens with one attached hydrogen (secondary N) is 2. The number of sulfonamides is 1. The minimum Gasteiger partial charge on any atom is -0.454 e. The summed E-state index contributed by atoms with van der Waals surface area (Å²) in [5, 5.41) is 2.65. The van der Waals surface area contributed by atoms with Gasteiger partial charge in [-0.05, 0) is 56.3 Å². The van der Waals surface area contributed by atoms with Gasteiger partial charge in [0, 0.05) is 24.0 Å². The van der Waals surface area contributed by atoms with Crippen molar-refractivity contribution in [1.82, 2.24) is 9.29 Å². The minimum atomic E-state index is -3.60. The molecule has 0 aliphatic carbocycles. The fourth-order valence-electron chi connectivity index (χ4n) is 2.63. The maximum Gasteiger partial charge on any atom is 0.291 e. The molecule has 0 fully saturated rings. The van der Waals surface area contributed by atoms with Gasteiger partial charge in [-0.3, -0.25) is 9.59 Å². The smallest absolute Gasteiger partial charge is 0.291 e. The summed E-state index contributed by atoms with van der Waals surface area (Å²) in [6.07, 6.45) is 1.63. The number of carbonyl (C=O) groups excluding carboxylic acids is 1.